The average molecular weight is 148 g/mol. The second kappa shape index (κ2) is 3.51. The third-order valence-corrected chi connectivity index (χ3v) is 1.24. The Balaban J connectivity index is 4.06. The Labute approximate surface area is 60.1 Å². The van der Waals surface area contributed by atoms with E-state index in [2.05, 4.69) is 0 Å². The van der Waals surface area contributed by atoms with E-state index in [1.54, 1.807) is 27.1 Å². The molecule has 0 bridgehead atoms. The molecular weight excluding hydrogens is 138 g/mol. The first-order chi connectivity index (χ1) is 4.09. The molecule has 0 aliphatic heterocycles. The topological polar surface area (TPSA) is 20.3 Å². The van der Waals surface area contributed by atoms with E-state index in [4.69, 9.17) is 11.6 Å². The van der Waals surface area contributed by atoms with Gasteiger partial charge in [0.15, 0.2) is 0 Å². The van der Waals surface area contributed by atoms with Gasteiger partial charge in [-0.15, -0.1) is 0 Å². The molecule has 3 heteroatoms. The first-order valence-electron chi connectivity index (χ1n) is 2.63. The van der Waals surface area contributed by atoms with Gasteiger partial charge in [-0.25, -0.2) is 0 Å². The molecule has 0 spiro atoms. The summed E-state index contributed by atoms with van der Waals surface area (Å²) in [5.41, 5.74) is 0. The summed E-state index contributed by atoms with van der Waals surface area (Å²) in [6, 6.07) is 0. The van der Waals surface area contributed by atoms with E-state index < -0.39 is 0 Å². The summed E-state index contributed by atoms with van der Waals surface area (Å²) in [4.78, 5) is 12.2. The van der Waals surface area contributed by atoms with E-state index in [1.807, 2.05) is 0 Å². The van der Waals surface area contributed by atoms with Gasteiger partial charge >= 0.3 is 0 Å². The average Bonchev–Trinajstić information content (AvgIpc) is 1.84. The molecule has 0 radical (unpaired) electrons. The molecule has 0 heterocycles. The molecule has 0 fully saturated rings. The van der Waals surface area contributed by atoms with Crippen LogP contribution in [-0.2, 0) is 4.79 Å². The normalized spacial score (nSPS) is 11.3. The molecule has 0 N–H and O–H groups in total. The smallest absolute Gasteiger partial charge is 0.264 e. The van der Waals surface area contributed by atoms with Crippen molar-refractivity contribution in [3.05, 3.63) is 11.1 Å². The molecule has 0 aromatic heterocycles. The van der Waals surface area contributed by atoms with Crippen LogP contribution >= 0.6 is 11.6 Å². The summed E-state index contributed by atoms with van der Waals surface area (Å²) in [6.45, 7) is 1.73. The van der Waals surface area contributed by atoms with Crippen LogP contribution in [0.5, 0.6) is 0 Å². The van der Waals surface area contributed by atoms with Gasteiger partial charge in [0, 0.05) is 14.1 Å². The molecule has 2 nitrogen and oxygen atoms in total. The molecule has 0 saturated heterocycles. The van der Waals surface area contributed by atoms with Crippen LogP contribution in [0.1, 0.15) is 6.92 Å². The molecular formula is C6H10ClNO. The fraction of sp³-hybridized carbons (Fsp3) is 0.500. The molecule has 0 rings (SSSR count). The number of allylic oxidation sites excluding steroid dienone is 1. The molecule has 0 aliphatic carbocycles. The van der Waals surface area contributed by atoms with Gasteiger partial charge in [0.05, 0.1) is 0 Å². The zero-order chi connectivity index (χ0) is 7.44. The van der Waals surface area contributed by atoms with Crippen molar-refractivity contribution in [2.45, 2.75) is 6.92 Å². The lowest BCUT2D eigenvalue weighted by atomic mass is 10.5. The first kappa shape index (κ1) is 8.50. The van der Waals surface area contributed by atoms with Crippen LogP contribution in [0.25, 0.3) is 0 Å². The maximum absolute atomic E-state index is 10.8. The standard InChI is InChI=1S/C6H10ClNO/c1-4-5(7)6(9)8(2)3/h4H,1-3H3/b5-4+. The van der Waals surface area contributed by atoms with Gasteiger partial charge in [0.1, 0.15) is 5.03 Å². The third-order valence-electron chi connectivity index (χ3n) is 0.864. The molecule has 0 aliphatic rings. The Morgan fingerprint density at radius 3 is 2.11 bits per heavy atom. The number of carbonyl (C=O) groups excluding carboxylic acids is 1. The summed E-state index contributed by atoms with van der Waals surface area (Å²) in [5, 5.41) is 0.264. The van der Waals surface area contributed by atoms with Crippen molar-refractivity contribution in [3.8, 4) is 0 Å². The largest absolute Gasteiger partial charge is 0.344 e. The fourth-order valence-corrected chi connectivity index (χ4v) is 0.506. The summed E-state index contributed by atoms with van der Waals surface area (Å²) >= 11 is 5.48. The lowest BCUT2D eigenvalue weighted by Gasteiger charge is -2.07. The van der Waals surface area contributed by atoms with E-state index in [1.165, 1.54) is 4.90 Å². The Morgan fingerprint density at radius 1 is 1.56 bits per heavy atom. The Hall–Kier alpha value is -0.500. The fourth-order valence-electron chi connectivity index (χ4n) is 0.337. The molecule has 0 atom stereocenters. The second-order valence-electron chi connectivity index (χ2n) is 1.84. The second-order valence-corrected chi connectivity index (χ2v) is 2.24. The van der Waals surface area contributed by atoms with Gasteiger partial charge in [0.25, 0.3) is 5.91 Å². The van der Waals surface area contributed by atoms with Crippen molar-refractivity contribution in [1.29, 1.82) is 0 Å². The van der Waals surface area contributed by atoms with Crippen LogP contribution in [0.4, 0.5) is 0 Å². The van der Waals surface area contributed by atoms with Gasteiger partial charge < -0.3 is 4.90 Å². The number of amides is 1. The van der Waals surface area contributed by atoms with E-state index in [0.29, 0.717) is 0 Å². The quantitative estimate of drug-likeness (QED) is 0.511. The minimum Gasteiger partial charge on any atom is -0.344 e. The number of hydrogen-bond acceptors (Lipinski definition) is 1. The van der Waals surface area contributed by atoms with E-state index in [-0.39, 0.29) is 10.9 Å². The SMILES string of the molecule is C/C=C(/Cl)C(=O)N(C)C. The minimum absolute atomic E-state index is 0.154. The summed E-state index contributed by atoms with van der Waals surface area (Å²) in [5.74, 6) is -0.154. The van der Waals surface area contributed by atoms with Gasteiger partial charge in [-0.3, -0.25) is 4.79 Å². The summed E-state index contributed by atoms with van der Waals surface area (Å²) < 4.78 is 0. The maximum Gasteiger partial charge on any atom is 0.264 e. The lowest BCUT2D eigenvalue weighted by molar-refractivity contribution is -0.124. The molecule has 1 amide bonds. The highest BCUT2D eigenvalue weighted by Crippen LogP contribution is 2.02. The highest BCUT2D eigenvalue weighted by Gasteiger charge is 2.05. The maximum atomic E-state index is 10.8. The van der Waals surface area contributed by atoms with Crippen LogP contribution in [0, 0.1) is 0 Å². The Morgan fingerprint density at radius 2 is 2.00 bits per heavy atom. The van der Waals surface area contributed by atoms with Gasteiger partial charge in [-0.2, -0.15) is 0 Å². The van der Waals surface area contributed by atoms with Crippen molar-refractivity contribution in [2.75, 3.05) is 14.1 Å². The molecule has 0 saturated carbocycles. The first-order valence-corrected chi connectivity index (χ1v) is 3.01. The zero-order valence-electron chi connectivity index (χ0n) is 5.81. The van der Waals surface area contributed by atoms with Crippen molar-refractivity contribution >= 4 is 17.5 Å². The van der Waals surface area contributed by atoms with E-state index in [0.717, 1.165) is 0 Å². The lowest BCUT2D eigenvalue weighted by Crippen LogP contribution is -2.21. The van der Waals surface area contributed by atoms with Crippen molar-refractivity contribution in [1.82, 2.24) is 4.90 Å². The number of halogens is 1. The van der Waals surface area contributed by atoms with Crippen LogP contribution in [-0.4, -0.2) is 24.9 Å². The molecule has 0 aromatic rings. The highest BCUT2D eigenvalue weighted by molar-refractivity contribution is 6.41. The Kier molecular flexibility index (Phi) is 3.32. The number of likely N-dealkylation sites (N-methyl/N-ethyl adjacent to an activating group) is 1. The summed E-state index contributed by atoms with van der Waals surface area (Å²) in [6.07, 6.45) is 1.57. The van der Waals surface area contributed by atoms with Crippen LogP contribution in [0.3, 0.4) is 0 Å². The van der Waals surface area contributed by atoms with Gasteiger partial charge in [0.2, 0.25) is 0 Å². The number of rotatable bonds is 1. The third kappa shape index (κ3) is 2.51. The number of carbonyl (C=O) groups is 1. The van der Waals surface area contributed by atoms with Gasteiger partial charge in [-0.05, 0) is 6.92 Å². The predicted octanol–water partition coefficient (Wildman–Crippen LogP) is 1.22. The van der Waals surface area contributed by atoms with Crippen LogP contribution in [0.2, 0.25) is 0 Å². The minimum atomic E-state index is -0.154. The molecule has 0 aromatic carbocycles. The monoisotopic (exact) mass is 147 g/mol. The van der Waals surface area contributed by atoms with Crippen molar-refractivity contribution in [2.24, 2.45) is 0 Å². The molecule has 0 unspecified atom stereocenters. The number of hydrogen-bond donors (Lipinski definition) is 0. The molecule has 52 valence electrons. The molecule has 9 heavy (non-hydrogen) atoms. The Bertz CT molecular complexity index is 140. The zero-order valence-corrected chi connectivity index (χ0v) is 6.57. The van der Waals surface area contributed by atoms with Crippen molar-refractivity contribution < 1.29 is 4.79 Å². The number of nitrogens with zero attached hydrogens (tertiary/aromatic N) is 1. The summed E-state index contributed by atoms with van der Waals surface area (Å²) in [7, 11) is 3.32. The van der Waals surface area contributed by atoms with Crippen molar-refractivity contribution in [3.63, 3.8) is 0 Å². The highest BCUT2D eigenvalue weighted by atomic mass is 35.5. The van der Waals surface area contributed by atoms with E-state index in [9.17, 15) is 4.79 Å². The van der Waals surface area contributed by atoms with Crippen LogP contribution in [0.15, 0.2) is 11.1 Å². The van der Waals surface area contributed by atoms with Crippen LogP contribution < -0.4 is 0 Å². The van der Waals surface area contributed by atoms with Gasteiger partial charge in [-0.1, -0.05) is 17.7 Å². The predicted molar refractivity (Wildman–Crippen MR) is 38.3 cm³/mol. The van der Waals surface area contributed by atoms with E-state index >= 15 is 0 Å².